The normalized spacial score (nSPS) is 15.3. The van der Waals surface area contributed by atoms with Crippen molar-refractivity contribution in [2.45, 2.75) is 90.9 Å². The first-order valence-electron chi connectivity index (χ1n) is 13.2. The van der Waals surface area contributed by atoms with Gasteiger partial charge in [-0.25, -0.2) is 4.79 Å². The van der Waals surface area contributed by atoms with Gasteiger partial charge in [-0.15, -0.1) is 0 Å². The molecule has 1 heterocycles. The number of hydrogen-bond acceptors (Lipinski definition) is 3. The number of anilines is 1. The van der Waals surface area contributed by atoms with Gasteiger partial charge in [-0.05, 0) is 50.7 Å². The number of amides is 1. The van der Waals surface area contributed by atoms with Crippen LogP contribution >= 0.6 is 0 Å². The molecule has 1 aromatic carbocycles. The average molecular weight is 448 g/mol. The maximum absolute atomic E-state index is 12.5. The second-order valence-corrected chi connectivity index (χ2v) is 9.38. The van der Waals surface area contributed by atoms with Gasteiger partial charge >= 0.3 is 6.09 Å². The van der Waals surface area contributed by atoms with Crippen molar-refractivity contribution in [3.05, 3.63) is 24.3 Å². The largest absolute Gasteiger partial charge is 0.491 e. The summed E-state index contributed by atoms with van der Waals surface area (Å²) in [6.07, 6.45) is 14.8. The number of likely N-dealkylation sites (tertiary alicyclic amines) is 1. The summed E-state index contributed by atoms with van der Waals surface area (Å²) in [4.78, 5) is 12.5. The summed E-state index contributed by atoms with van der Waals surface area (Å²) in [6.45, 7) is 10.2. The van der Waals surface area contributed by atoms with Crippen LogP contribution in [0.25, 0.3) is 0 Å². The number of piperidine rings is 1. The molecule has 0 unspecified atom stereocenters. The second-order valence-electron chi connectivity index (χ2n) is 9.38. The molecule has 0 saturated carbocycles. The molecule has 1 aliphatic rings. The maximum atomic E-state index is 12.5. The predicted molar refractivity (Wildman–Crippen MR) is 133 cm³/mol. The standard InChI is InChI=1S/C27H46N2O3/c1-3-5-7-9-13-19-29(20-14-10-15-21-29)22-24-32-27(30)28-25-17-11-12-18-26(25)31-23-16-8-6-4-2/h11-12,17-18H,3-10,13-16,19-24H2,1-2H3/p+1. The molecule has 1 fully saturated rings. The van der Waals surface area contributed by atoms with Crippen LogP contribution in [0.3, 0.4) is 0 Å². The Labute approximate surface area is 196 Å². The van der Waals surface area contributed by atoms with Gasteiger partial charge in [-0.1, -0.05) is 64.5 Å². The molecule has 182 valence electrons. The average Bonchev–Trinajstić information content (AvgIpc) is 2.80. The van der Waals surface area contributed by atoms with E-state index >= 15 is 0 Å². The minimum Gasteiger partial charge on any atom is -0.491 e. The van der Waals surface area contributed by atoms with Gasteiger partial charge in [0.05, 0.1) is 31.9 Å². The summed E-state index contributed by atoms with van der Waals surface area (Å²) in [5.41, 5.74) is 0.686. The Morgan fingerprint density at radius 3 is 2.28 bits per heavy atom. The van der Waals surface area contributed by atoms with Gasteiger partial charge in [0.2, 0.25) is 0 Å². The summed E-state index contributed by atoms with van der Waals surface area (Å²) in [5, 5.41) is 2.89. The predicted octanol–water partition coefficient (Wildman–Crippen LogP) is 7.17. The van der Waals surface area contributed by atoms with Gasteiger partial charge in [0.1, 0.15) is 18.9 Å². The summed E-state index contributed by atoms with van der Waals surface area (Å²) in [6, 6.07) is 7.62. The molecule has 1 aromatic rings. The lowest BCUT2D eigenvalue weighted by Crippen LogP contribution is -2.54. The number of hydrogen-bond donors (Lipinski definition) is 1. The minimum atomic E-state index is -0.384. The third-order valence-corrected chi connectivity index (χ3v) is 6.68. The lowest BCUT2D eigenvalue weighted by atomic mass is 10.1. The van der Waals surface area contributed by atoms with Gasteiger partial charge in [-0.2, -0.15) is 0 Å². The number of ether oxygens (including phenoxy) is 2. The number of rotatable bonds is 16. The van der Waals surface area contributed by atoms with Gasteiger partial charge < -0.3 is 14.0 Å². The highest BCUT2D eigenvalue weighted by atomic mass is 16.5. The molecule has 0 bridgehead atoms. The summed E-state index contributed by atoms with van der Waals surface area (Å²) < 4.78 is 12.6. The van der Waals surface area contributed by atoms with Crippen molar-refractivity contribution in [3.63, 3.8) is 0 Å². The van der Waals surface area contributed by atoms with Crippen LogP contribution in [0.2, 0.25) is 0 Å². The highest BCUT2D eigenvalue weighted by Crippen LogP contribution is 2.25. The Hall–Kier alpha value is -1.75. The van der Waals surface area contributed by atoms with Crippen LogP contribution in [0.4, 0.5) is 10.5 Å². The zero-order chi connectivity index (χ0) is 22.9. The lowest BCUT2D eigenvalue weighted by molar-refractivity contribution is -0.932. The monoisotopic (exact) mass is 447 g/mol. The molecule has 1 saturated heterocycles. The van der Waals surface area contributed by atoms with Crippen molar-refractivity contribution in [2.75, 3.05) is 44.7 Å². The molecule has 0 aromatic heterocycles. The van der Waals surface area contributed by atoms with Crippen LogP contribution in [0.15, 0.2) is 24.3 Å². The molecule has 1 aliphatic heterocycles. The molecule has 1 amide bonds. The molecule has 0 atom stereocenters. The van der Waals surface area contributed by atoms with E-state index in [4.69, 9.17) is 9.47 Å². The summed E-state index contributed by atoms with van der Waals surface area (Å²) in [7, 11) is 0. The molecule has 2 rings (SSSR count). The molecule has 5 nitrogen and oxygen atoms in total. The van der Waals surface area contributed by atoms with E-state index in [0.717, 1.165) is 17.4 Å². The molecular formula is C27H47N2O3+. The van der Waals surface area contributed by atoms with Crippen LogP contribution in [0.5, 0.6) is 5.75 Å². The van der Waals surface area contributed by atoms with E-state index in [1.807, 2.05) is 24.3 Å². The first-order valence-corrected chi connectivity index (χ1v) is 13.2. The zero-order valence-corrected chi connectivity index (χ0v) is 20.7. The number of nitrogens with zero attached hydrogens (tertiary/aromatic N) is 1. The summed E-state index contributed by atoms with van der Waals surface area (Å²) in [5.74, 6) is 0.715. The molecule has 32 heavy (non-hydrogen) atoms. The van der Waals surface area contributed by atoms with Gasteiger partial charge in [-0.3, -0.25) is 5.32 Å². The number of quaternary nitrogens is 1. The van der Waals surface area contributed by atoms with Gasteiger partial charge in [0.15, 0.2) is 0 Å². The number of carbonyl (C=O) groups is 1. The molecule has 1 N–H and O–H groups in total. The molecular weight excluding hydrogens is 400 g/mol. The topological polar surface area (TPSA) is 47.6 Å². The maximum Gasteiger partial charge on any atom is 0.411 e. The van der Waals surface area contributed by atoms with Crippen LogP contribution in [0, 0.1) is 0 Å². The quantitative estimate of drug-likeness (QED) is 0.216. The molecule has 0 radical (unpaired) electrons. The number of benzene rings is 1. The van der Waals surface area contributed by atoms with Crippen LogP contribution in [0.1, 0.15) is 90.9 Å². The number of unbranched alkanes of at least 4 members (excludes halogenated alkanes) is 7. The molecule has 0 aliphatic carbocycles. The van der Waals surface area contributed by atoms with Gasteiger partial charge in [0, 0.05) is 0 Å². The first kappa shape index (κ1) is 26.5. The van der Waals surface area contributed by atoms with Crippen LogP contribution < -0.4 is 10.1 Å². The van der Waals surface area contributed by atoms with E-state index in [2.05, 4.69) is 19.2 Å². The molecule has 5 heteroatoms. The van der Waals surface area contributed by atoms with Crippen LogP contribution in [-0.4, -0.2) is 50.0 Å². The van der Waals surface area contributed by atoms with Crippen molar-refractivity contribution >= 4 is 11.8 Å². The Kier molecular flexibility index (Phi) is 13.2. The number of carbonyl (C=O) groups excluding carboxylic acids is 1. The second kappa shape index (κ2) is 16.0. The van der Waals surface area contributed by atoms with Gasteiger partial charge in [0.25, 0.3) is 0 Å². The minimum absolute atomic E-state index is 0.384. The Morgan fingerprint density at radius 1 is 0.844 bits per heavy atom. The Morgan fingerprint density at radius 2 is 1.53 bits per heavy atom. The number of nitrogens with one attached hydrogen (secondary N) is 1. The Bertz CT molecular complexity index is 629. The zero-order valence-electron chi connectivity index (χ0n) is 20.7. The number of para-hydroxylation sites is 2. The fourth-order valence-corrected chi connectivity index (χ4v) is 4.68. The van der Waals surface area contributed by atoms with E-state index in [0.29, 0.717) is 24.7 Å². The Balaban J connectivity index is 1.76. The van der Waals surface area contributed by atoms with E-state index in [1.165, 1.54) is 90.3 Å². The van der Waals surface area contributed by atoms with Crippen molar-refractivity contribution in [1.29, 1.82) is 0 Å². The summed E-state index contributed by atoms with van der Waals surface area (Å²) >= 11 is 0. The highest BCUT2D eigenvalue weighted by molar-refractivity contribution is 5.86. The molecule has 0 spiro atoms. The third kappa shape index (κ3) is 10.2. The first-order chi connectivity index (χ1) is 15.7. The van der Waals surface area contributed by atoms with E-state index in [9.17, 15) is 4.79 Å². The lowest BCUT2D eigenvalue weighted by Gasteiger charge is -2.41. The van der Waals surface area contributed by atoms with Crippen molar-refractivity contribution in [3.8, 4) is 5.75 Å². The third-order valence-electron chi connectivity index (χ3n) is 6.68. The van der Waals surface area contributed by atoms with Crippen molar-refractivity contribution in [2.24, 2.45) is 0 Å². The van der Waals surface area contributed by atoms with Crippen molar-refractivity contribution in [1.82, 2.24) is 0 Å². The van der Waals surface area contributed by atoms with E-state index in [1.54, 1.807) is 0 Å². The smallest absolute Gasteiger partial charge is 0.411 e. The highest BCUT2D eigenvalue weighted by Gasteiger charge is 2.29. The fraction of sp³-hybridized carbons (Fsp3) is 0.741. The van der Waals surface area contributed by atoms with E-state index in [-0.39, 0.29) is 6.09 Å². The van der Waals surface area contributed by atoms with E-state index < -0.39 is 0 Å². The SMILES string of the molecule is CCCCCCC[N+]1(CCOC(=O)Nc2ccccc2OCCCCCC)CCCCC1. The fourth-order valence-electron chi connectivity index (χ4n) is 4.68. The van der Waals surface area contributed by atoms with Crippen LogP contribution in [-0.2, 0) is 4.74 Å². The van der Waals surface area contributed by atoms with Crippen molar-refractivity contribution < 1.29 is 18.8 Å².